The fourth-order valence-electron chi connectivity index (χ4n) is 4.25. The lowest BCUT2D eigenvalue weighted by molar-refractivity contribution is -0.258. The summed E-state index contributed by atoms with van der Waals surface area (Å²) in [6.45, 7) is 4.64. The van der Waals surface area contributed by atoms with Crippen molar-refractivity contribution in [1.29, 1.82) is 0 Å². The summed E-state index contributed by atoms with van der Waals surface area (Å²) in [5.41, 5.74) is -2.13. The zero-order chi connectivity index (χ0) is 20.5. The average Bonchev–Trinajstić information content (AvgIpc) is 3.21. The van der Waals surface area contributed by atoms with Gasteiger partial charge in [0.2, 0.25) is 0 Å². The van der Waals surface area contributed by atoms with E-state index in [9.17, 15) is 19.8 Å². The van der Waals surface area contributed by atoms with E-state index in [0.717, 1.165) is 32.1 Å². The molecule has 4 rings (SSSR count). The van der Waals surface area contributed by atoms with Crippen LogP contribution in [0, 0.1) is 6.92 Å². The number of nitrogens with zero attached hydrogens (tertiary/aromatic N) is 1. The van der Waals surface area contributed by atoms with E-state index < -0.39 is 54.3 Å². The molecule has 3 N–H and O–H groups in total. The molecule has 1 aromatic heterocycles. The number of H-pyrrole nitrogens is 1. The van der Waals surface area contributed by atoms with Crippen LogP contribution in [-0.4, -0.2) is 56.6 Å². The summed E-state index contributed by atoms with van der Waals surface area (Å²) in [6, 6.07) is 0. The van der Waals surface area contributed by atoms with Crippen LogP contribution in [0.4, 0.5) is 0 Å². The van der Waals surface area contributed by atoms with Gasteiger partial charge >= 0.3 is 5.69 Å². The molecule has 0 amide bonds. The van der Waals surface area contributed by atoms with Gasteiger partial charge in [0.1, 0.15) is 17.8 Å². The molecule has 28 heavy (non-hydrogen) atoms. The molecular weight excluding hydrogens is 368 g/mol. The van der Waals surface area contributed by atoms with Crippen molar-refractivity contribution in [2.75, 3.05) is 13.2 Å². The largest absolute Gasteiger partial charge is 0.393 e. The Hall–Kier alpha value is -1.52. The van der Waals surface area contributed by atoms with E-state index in [-0.39, 0.29) is 0 Å². The molecule has 9 nitrogen and oxygen atoms in total. The molecule has 1 aliphatic carbocycles. The van der Waals surface area contributed by atoms with Crippen LogP contribution in [-0.2, 0) is 14.2 Å². The third-order valence-electron chi connectivity index (χ3n) is 5.72. The van der Waals surface area contributed by atoms with Crippen molar-refractivity contribution >= 4 is 0 Å². The van der Waals surface area contributed by atoms with Crippen molar-refractivity contribution < 1.29 is 24.4 Å². The monoisotopic (exact) mass is 398 g/mol. The number of nitrogens with one attached hydrogen (secondary N) is 1. The SMILES string of the molecule is CC.Cc1cn(C2OC(CO)(CO)C3OC4(CCCCC4)OC23)c(=O)[nH]c1=O. The van der Waals surface area contributed by atoms with Crippen LogP contribution in [0.25, 0.3) is 0 Å². The van der Waals surface area contributed by atoms with E-state index in [2.05, 4.69) is 4.98 Å². The van der Waals surface area contributed by atoms with Crippen molar-refractivity contribution in [2.24, 2.45) is 0 Å². The van der Waals surface area contributed by atoms with Gasteiger partial charge in [0.05, 0.1) is 13.2 Å². The van der Waals surface area contributed by atoms with Crippen molar-refractivity contribution in [3.05, 3.63) is 32.6 Å². The molecule has 3 aliphatic rings. The summed E-state index contributed by atoms with van der Waals surface area (Å²) in [4.78, 5) is 26.2. The van der Waals surface area contributed by atoms with E-state index in [1.54, 1.807) is 6.92 Å². The van der Waals surface area contributed by atoms with Gasteiger partial charge in [-0.25, -0.2) is 4.79 Å². The molecule has 3 fully saturated rings. The number of fused-ring (bicyclic) bond motifs is 1. The first kappa shape index (κ1) is 21.2. The maximum absolute atomic E-state index is 12.3. The van der Waals surface area contributed by atoms with E-state index in [4.69, 9.17) is 14.2 Å². The van der Waals surface area contributed by atoms with Gasteiger partial charge in [0.25, 0.3) is 5.56 Å². The van der Waals surface area contributed by atoms with Gasteiger partial charge in [-0.1, -0.05) is 20.3 Å². The minimum absolute atomic E-state index is 0.349. The number of ether oxygens (including phenoxy) is 3. The number of aromatic nitrogens is 2. The fourth-order valence-corrected chi connectivity index (χ4v) is 4.25. The van der Waals surface area contributed by atoms with Crippen LogP contribution in [0.5, 0.6) is 0 Å². The smallest absolute Gasteiger partial charge is 0.330 e. The van der Waals surface area contributed by atoms with Crippen LogP contribution in [0.1, 0.15) is 57.7 Å². The molecule has 0 radical (unpaired) electrons. The Kier molecular flexibility index (Phi) is 6.11. The van der Waals surface area contributed by atoms with E-state index in [1.807, 2.05) is 13.8 Å². The molecule has 0 aromatic carbocycles. The lowest BCUT2D eigenvalue weighted by atomic mass is 9.94. The molecule has 9 heteroatoms. The van der Waals surface area contributed by atoms with Gasteiger partial charge in [-0.15, -0.1) is 0 Å². The molecule has 2 aliphatic heterocycles. The zero-order valence-electron chi connectivity index (χ0n) is 16.6. The first-order chi connectivity index (χ1) is 13.4. The third kappa shape index (κ3) is 3.35. The Balaban J connectivity index is 0.00000109. The Morgan fingerprint density at radius 1 is 1.11 bits per heavy atom. The molecular formula is C19H30N2O7. The quantitative estimate of drug-likeness (QED) is 0.680. The summed E-state index contributed by atoms with van der Waals surface area (Å²) in [7, 11) is 0. The normalized spacial score (nSPS) is 30.0. The van der Waals surface area contributed by atoms with E-state index in [1.165, 1.54) is 10.8 Å². The highest BCUT2D eigenvalue weighted by Crippen LogP contribution is 2.51. The number of hydrogen-bond donors (Lipinski definition) is 3. The van der Waals surface area contributed by atoms with Crippen LogP contribution in [0.15, 0.2) is 15.8 Å². The molecule has 1 spiro atoms. The Labute approximate surface area is 163 Å². The van der Waals surface area contributed by atoms with Gasteiger partial charge in [-0.05, 0) is 19.8 Å². The summed E-state index contributed by atoms with van der Waals surface area (Å²) in [5, 5.41) is 19.8. The Morgan fingerprint density at radius 2 is 1.75 bits per heavy atom. The molecule has 0 bridgehead atoms. The minimum Gasteiger partial charge on any atom is -0.393 e. The summed E-state index contributed by atoms with van der Waals surface area (Å²) in [6.07, 6.45) is 3.59. The topological polar surface area (TPSA) is 123 Å². The molecule has 3 heterocycles. The highest BCUT2D eigenvalue weighted by atomic mass is 16.8. The zero-order valence-corrected chi connectivity index (χ0v) is 16.6. The maximum Gasteiger partial charge on any atom is 0.330 e. The second-order valence-electron chi connectivity index (χ2n) is 7.46. The number of rotatable bonds is 3. The van der Waals surface area contributed by atoms with E-state index in [0.29, 0.717) is 5.56 Å². The predicted molar refractivity (Wildman–Crippen MR) is 100.0 cm³/mol. The van der Waals surface area contributed by atoms with Gasteiger partial charge < -0.3 is 24.4 Å². The number of aryl methyl sites for hydroxylation is 1. The Morgan fingerprint density at radius 3 is 2.36 bits per heavy atom. The van der Waals surface area contributed by atoms with Crippen molar-refractivity contribution in [1.82, 2.24) is 9.55 Å². The molecule has 1 aromatic rings. The molecule has 158 valence electrons. The lowest BCUT2D eigenvalue weighted by Gasteiger charge is -2.36. The standard InChI is InChI=1S/C17H24N2O7.C2H6/c1-10-7-19(15(23)18-13(10)22)14-11-12(16(8-20,9-21)26-14)25-17(24-11)5-3-2-4-6-17;1-2/h7,11-12,14,20-21H,2-6,8-9H2,1H3,(H,18,22,23);1-2H3. The first-order valence-electron chi connectivity index (χ1n) is 10.0. The van der Waals surface area contributed by atoms with Crippen LogP contribution in [0.2, 0.25) is 0 Å². The third-order valence-corrected chi connectivity index (χ3v) is 5.72. The lowest BCUT2D eigenvalue weighted by Crippen LogP contribution is -2.50. The number of aliphatic hydroxyl groups is 2. The fraction of sp³-hybridized carbons (Fsp3) is 0.789. The first-order valence-corrected chi connectivity index (χ1v) is 10.0. The van der Waals surface area contributed by atoms with Gasteiger partial charge in [0.15, 0.2) is 12.0 Å². The maximum atomic E-state index is 12.3. The molecule has 2 saturated heterocycles. The highest BCUT2D eigenvalue weighted by molar-refractivity contribution is 5.09. The second kappa shape index (κ2) is 8.08. The van der Waals surface area contributed by atoms with Crippen molar-refractivity contribution in [3.8, 4) is 0 Å². The second-order valence-corrected chi connectivity index (χ2v) is 7.46. The van der Waals surface area contributed by atoms with Crippen molar-refractivity contribution in [2.45, 2.75) is 82.7 Å². The molecule has 3 atom stereocenters. The van der Waals surface area contributed by atoms with Crippen LogP contribution in [0.3, 0.4) is 0 Å². The van der Waals surface area contributed by atoms with E-state index >= 15 is 0 Å². The number of aromatic amines is 1. The van der Waals surface area contributed by atoms with Crippen molar-refractivity contribution in [3.63, 3.8) is 0 Å². The van der Waals surface area contributed by atoms with Gasteiger partial charge in [-0.2, -0.15) is 0 Å². The highest BCUT2D eigenvalue weighted by Gasteiger charge is 2.65. The minimum atomic E-state index is -1.38. The van der Waals surface area contributed by atoms with Gasteiger partial charge in [0, 0.05) is 24.6 Å². The number of hydrogen-bond acceptors (Lipinski definition) is 7. The summed E-state index contributed by atoms with van der Waals surface area (Å²) >= 11 is 0. The average molecular weight is 398 g/mol. The van der Waals surface area contributed by atoms with Gasteiger partial charge in [-0.3, -0.25) is 14.3 Å². The number of aliphatic hydroxyl groups excluding tert-OH is 2. The Bertz CT molecular complexity index is 792. The van der Waals surface area contributed by atoms with Crippen LogP contribution >= 0.6 is 0 Å². The molecule has 1 saturated carbocycles. The molecule has 3 unspecified atom stereocenters. The predicted octanol–water partition coefficient (Wildman–Crippen LogP) is 0.568. The van der Waals surface area contributed by atoms with Crippen LogP contribution < -0.4 is 11.2 Å². The summed E-state index contributed by atoms with van der Waals surface area (Å²) in [5.74, 6) is -0.772. The summed E-state index contributed by atoms with van der Waals surface area (Å²) < 4.78 is 19.6.